The number of hydrogen-bond acceptors (Lipinski definition) is 14. The van der Waals surface area contributed by atoms with Crippen molar-refractivity contribution in [1.82, 2.24) is 0 Å². The molecular weight excluding hydrogens is 999 g/mol. The van der Waals surface area contributed by atoms with Crippen molar-refractivity contribution >= 4 is 82.5 Å². The van der Waals surface area contributed by atoms with Crippen LogP contribution in [0.25, 0.3) is 0 Å². The van der Waals surface area contributed by atoms with Crippen LogP contribution in [0.2, 0.25) is 0 Å². The highest BCUT2D eigenvalue weighted by atomic mass is 33.1. The van der Waals surface area contributed by atoms with Crippen LogP contribution in [0.4, 0.5) is 0 Å². The number of carbonyl (C=O) groups is 4. The molecule has 0 N–H and O–H groups in total. The van der Waals surface area contributed by atoms with Gasteiger partial charge in [-0.05, 0) is 66.2 Å². The normalized spacial score (nSPS) is 14.1. The molecule has 0 aromatic rings. The molecule has 0 saturated carbocycles. The van der Waals surface area contributed by atoms with E-state index in [1.54, 1.807) is 0 Å². The number of hydrogen-bond donors (Lipinski definition) is 0. The van der Waals surface area contributed by atoms with Gasteiger partial charge in [0.15, 0.2) is 13.1 Å². The van der Waals surface area contributed by atoms with E-state index < -0.39 is 34.1 Å². The summed E-state index contributed by atoms with van der Waals surface area (Å²) in [6.45, 7) is 16.7. The fourth-order valence-electron chi connectivity index (χ4n) is 7.09. The van der Waals surface area contributed by atoms with Crippen molar-refractivity contribution < 1.29 is 47.2 Å². The first-order chi connectivity index (χ1) is 34.0. The van der Waals surface area contributed by atoms with Crippen LogP contribution in [0.15, 0.2) is 0 Å². The van der Waals surface area contributed by atoms with E-state index in [4.69, 9.17) is 28.0 Å². The molecule has 0 aromatic carbocycles. The Kier molecular flexibility index (Phi) is 52.5. The molecule has 0 radical (unpaired) electrons. The van der Waals surface area contributed by atoms with Crippen molar-refractivity contribution in [3.63, 3.8) is 0 Å². The molecule has 0 spiro atoms. The van der Waals surface area contributed by atoms with E-state index in [1.807, 2.05) is 27.7 Å². The zero-order chi connectivity index (χ0) is 51.7. The van der Waals surface area contributed by atoms with Crippen LogP contribution >= 0.6 is 58.6 Å². The minimum absolute atomic E-state index is 0.234. The summed E-state index contributed by atoms with van der Waals surface area (Å²) in [5, 5.41) is -1.64. The predicted octanol–water partition coefficient (Wildman–Crippen LogP) is 18.7. The molecule has 0 saturated heterocycles. The zero-order valence-electron chi connectivity index (χ0n) is 45.8. The third kappa shape index (κ3) is 44.4. The molecule has 16 heteroatoms. The second kappa shape index (κ2) is 52.5. The Morgan fingerprint density at radius 3 is 0.657 bits per heavy atom. The van der Waals surface area contributed by atoms with Crippen LogP contribution in [-0.2, 0) is 47.2 Å². The molecule has 0 aromatic heterocycles. The van der Waals surface area contributed by atoms with Crippen LogP contribution in [0.3, 0.4) is 0 Å². The van der Waals surface area contributed by atoms with E-state index >= 15 is 0 Å². The van der Waals surface area contributed by atoms with Gasteiger partial charge in [0.2, 0.25) is 0 Å². The van der Waals surface area contributed by atoms with Crippen LogP contribution in [0, 0.1) is 0 Å². The lowest BCUT2D eigenvalue weighted by atomic mass is 10.1. The SMILES string of the molecule is CCCCCCCCCOC(=O)C(C)SP(OCCCCCCOP(SC(C)C(=O)OCCCCCCCCC)SC(C)C(=O)OCCCCCCCCC)SC(C)C(=O)OCCCCCCCCC. The van der Waals surface area contributed by atoms with Crippen LogP contribution < -0.4 is 0 Å². The average molecular weight is 1100 g/mol. The maximum Gasteiger partial charge on any atom is 0.319 e. The van der Waals surface area contributed by atoms with Gasteiger partial charge in [0.1, 0.15) is 21.0 Å². The second-order valence-corrected chi connectivity index (χ2v) is 31.7. The summed E-state index contributed by atoms with van der Waals surface area (Å²) in [6, 6.07) is 0. The first kappa shape index (κ1) is 70.1. The Bertz CT molecular complexity index is 1060. The van der Waals surface area contributed by atoms with Gasteiger partial charge in [-0.2, -0.15) is 0 Å². The quantitative estimate of drug-likeness (QED) is 0.0248. The Morgan fingerprint density at radius 1 is 0.286 bits per heavy atom. The first-order valence-electron chi connectivity index (χ1n) is 28.2. The number of carbonyl (C=O) groups excluding carboxylic acids is 4. The summed E-state index contributed by atoms with van der Waals surface area (Å²) in [6.07, 6.45) is 36.0. The molecule has 0 fully saturated rings. The highest BCUT2D eigenvalue weighted by Gasteiger charge is 2.29. The van der Waals surface area contributed by atoms with E-state index in [1.165, 1.54) is 174 Å². The molecule has 10 nitrogen and oxygen atoms in total. The van der Waals surface area contributed by atoms with Crippen molar-refractivity contribution in [3.8, 4) is 0 Å². The van der Waals surface area contributed by atoms with Gasteiger partial charge >= 0.3 is 23.9 Å². The molecule has 0 bridgehead atoms. The fourth-order valence-corrected chi connectivity index (χ4v) is 21.2. The van der Waals surface area contributed by atoms with E-state index in [2.05, 4.69) is 27.7 Å². The average Bonchev–Trinajstić information content (AvgIpc) is 3.34. The van der Waals surface area contributed by atoms with Crippen LogP contribution in [-0.4, -0.2) is 84.5 Å². The second-order valence-electron chi connectivity index (χ2n) is 18.7. The summed E-state index contributed by atoms with van der Waals surface area (Å²) in [5.74, 6) is -0.934. The standard InChI is InChI=1S/C54H104O10P2S4/c1-9-13-17-21-25-29-35-41-59-51(55)47(5)67-65(68-48(6)52(56)60-42-36-30-26-22-18-14-10-2)63-45-39-33-34-40-46-64-66(69-49(7)53(57)61-43-37-31-27-23-19-15-11-3)70-50(8)54(58)62-44-38-32-28-24-20-16-12-4/h47-50H,9-46H2,1-8H3. The molecule has 4 unspecified atom stereocenters. The third-order valence-electron chi connectivity index (χ3n) is 11.7. The summed E-state index contributed by atoms with van der Waals surface area (Å²) in [7, 11) is 0. The maximum absolute atomic E-state index is 13.0. The van der Waals surface area contributed by atoms with Crippen LogP contribution in [0.1, 0.15) is 261 Å². The van der Waals surface area contributed by atoms with Gasteiger partial charge in [0.05, 0.1) is 39.6 Å². The highest BCUT2D eigenvalue weighted by molar-refractivity contribution is 8.87. The lowest BCUT2D eigenvalue weighted by Crippen LogP contribution is -2.19. The Morgan fingerprint density at radius 2 is 0.457 bits per heavy atom. The smallest absolute Gasteiger partial charge is 0.319 e. The van der Waals surface area contributed by atoms with E-state index in [-0.39, 0.29) is 23.9 Å². The molecule has 0 aliphatic heterocycles. The summed E-state index contributed by atoms with van der Waals surface area (Å²) < 4.78 is 35.5. The third-order valence-corrected chi connectivity index (χ3v) is 25.4. The zero-order valence-corrected chi connectivity index (χ0v) is 50.8. The van der Waals surface area contributed by atoms with Gasteiger partial charge in [-0.25, -0.2) is 0 Å². The van der Waals surface area contributed by atoms with Gasteiger partial charge in [-0.15, -0.1) is 0 Å². The van der Waals surface area contributed by atoms with Crippen molar-refractivity contribution in [3.05, 3.63) is 0 Å². The molecule has 70 heavy (non-hydrogen) atoms. The molecule has 0 heterocycles. The van der Waals surface area contributed by atoms with Crippen molar-refractivity contribution in [1.29, 1.82) is 0 Å². The van der Waals surface area contributed by atoms with E-state index in [0.29, 0.717) is 39.6 Å². The number of rotatable bonds is 53. The molecule has 0 aliphatic carbocycles. The number of ether oxygens (including phenoxy) is 4. The van der Waals surface area contributed by atoms with E-state index in [0.717, 1.165) is 77.0 Å². The Labute approximate surface area is 448 Å². The fraction of sp³-hybridized carbons (Fsp3) is 0.926. The van der Waals surface area contributed by atoms with E-state index in [9.17, 15) is 19.2 Å². The number of esters is 4. The molecule has 4 atom stereocenters. The molecular formula is C54H104O10P2S4. The van der Waals surface area contributed by atoms with Crippen molar-refractivity contribution in [2.75, 3.05) is 39.6 Å². The minimum Gasteiger partial charge on any atom is -0.465 e. The Balaban J connectivity index is 5.18. The summed E-state index contributed by atoms with van der Waals surface area (Å²) in [4.78, 5) is 52.1. The van der Waals surface area contributed by atoms with Gasteiger partial charge in [0, 0.05) is 0 Å². The summed E-state index contributed by atoms with van der Waals surface area (Å²) >= 11 is 5.84. The predicted molar refractivity (Wildman–Crippen MR) is 308 cm³/mol. The van der Waals surface area contributed by atoms with Gasteiger partial charge in [-0.3, -0.25) is 19.2 Å². The minimum atomic E-state index is -1.22. The van der Waals surface area contributed by atoms with Gasteiger partial charge in [-0.1, -0.05) is 240 Å². The molecule has 414 valence electrons. The number of unbranched alkanes of at least 4 members (excludes halogenated alkanes) is 27. The van der Waals surface area contributed by atoms with Gasteiger partial charge < -0.3 is 28.0 Å². The first-order valence-corrected chi connectivity index (χ1v) is 36.7. The summed E-state index contributed by atoms with van der Waals surface area (Å²) in [5.41, 5.74) is 0. The van der Waals surface area contributed by atoms with Crippen molar-refractivity contribution in [2.24, 2.45) is 0 Å². The van der Waals surface area contributed by atoms with Crippen LogP contribution in [0.5, 0.6) is 0 Å². The lowest BCUT2D eigenvalue weighted by Gasteiger charge is -2.22. The highest BCUT2D eigenvalue weighted by Crippen LogP contribution is 2.66. The van der Waals surface area contributed by atoms with Crippen molar-refractivity contribution in [2.45, 2.75) is 282 Å². The van der Waals surface area contributed by atoms with Gasteiger partial charge in [0.25, 0.3) is 0 Å². The largest absolute Gasteiger partial charge is 0.465 e. The molecule has 0 amide bonds. The topological polar surface area (TPSA) is 124 Å². The molecule has 0 rings (SSSR count). The molecule has 0 aliphatic rings. The Hall–Kier alpha value is 0.0600. The lowest BCUT2D eigenvalue weighted by molar-refractivity contribution is -0.143. The monoisotopic (exact) mass is 1100 g/mol. The maximum atomic E-state index is 13.0.